The molecule has 2 rings (SSSR count). The van der Waals surface area contributed by atoms with E-state index in [1.807, 2.05) is 0 Å². The van der Waals surface area contributed by atoms with E-state index >= 15 is 0 Å². The molecule has 5 nitrogen and oxygen atoms in total. The Hall–Kier alpha value is -2.27. The van der Waals surface area contributed by atoms with Gasteiger partial charge >= 0.3 is 0 Å². The maximum atomic E-state index is 12.1. The minimum Gasteiger partial charge on any atom is -0.373 e. The Morgan fingerprint density at radius 2 is 1.76 bits per heavy atom. The van der Waals surface area contributed by atoms with Crippen LogP contribution in [0.1, 0.15) is 46.9 Å². The summed E-state index contributed by atoms with van der Waals surface area (Å²) < 4.78 is 0. The number of rotatable bonds is 6. The number of allylic oxidation sites excluding steroid dienone is 1. The number of aliphatic hydroxyl groups is 1. The molecule has 1 aromatic carbocycles. The van der Waals surface area contributed by atoms with Crippen LogP contribution in [-0.4, -0.2) is 33.8 Å². The second-order valence-corrected chi connectivity index (χ2v) is 5.10. The fraction of sp³-hybridized carbons (Fsp3) is 0.312. The van der Waals surface area contributed by atoms with Crippen LogP contribution >= 0.6 is 0 Å². The van der Waals surface area contributed by atoms with E-state index in [2.05, 4.69) is 6.58 Å². The summed E-state index contributed by atoms with van der Waals surface area (Å²) in [6.45, 7) is 5.18. The van der Waals surface area contributed by atoms with Crippen LogP contribution in [0.4, 0.5) is 0 Å². The normalized spacial score (nSPS) is 15.0. The van der Waals surface area contributed by atoms with Crippen molar-refractivity contribution in [1.29, 1.82) is 0 Å². The molecule has 0 fully saturated rings. The van der Waals surface area contributed by atoms with Gasteiger partial charge in [0.2, 0.25) is 0 Å². The van der Waals surface area contributed by atoms with Crippen LogP contribution in [0.3, 0.4) is 0 Å². The minimum absolute atomic E-state index is 0.0791. The van der Waals surface area contributed by atoms with Gasteiger partial charge in [-0.15, -0.1) is 0 Å². The Kier molecular flexibility index (Phi) is 4.33. The van der Waals surface area contributed by atoms with E-state index in [1.165, 1.54) is 0 Å². The number of hydrogen-bond donors (Lipinski definition) is 1. The smallest absolute Gasteiger partial charge is 0.263 e. The highest BCUT2D eigenvalue weighted by atomic mass is 16.3. The Labute approximate surface area is 122 Å². The maximum Gasteiger partial charge on any atom is 0.263 e. The molecule has 0 aromatic heterocycles. The summed E-state index contributed by atoms with van der Waals surface area (Å²) in [4.78, 5) is 36.5. The lowest BCUT2D eigenvalue weighted by Crippen LogP contribution is -2.39. The van der Waals surface area contributed by atoms with Crippen molar-refractivity contribution >= 4 is 17.6 Å². The molecule has 0 bridgehead atoms. The molecule has 0 aliphatic carbocycles. The van der Waals surface area contributed by atoms with Crippen molar-refractivity contribution in [2.75, 3.05) is 0 Å². The fourth-order valence-electron chi connectivity index (χ4n) is 2.27. The van der Waals surface area contributed by atoms with Gasteiger partial charge in [0, 0.05) is 6.42 Å². The van der Waals surface area contributed by atoms with Crippen LogP contribution in [-0.2, 0) is 4.79 Å². The number of imide groups is 1. The molecule has 1 heterocycles. The summed E-state index contributed by atoms with van der Waals surface area (Å²) in [6, 6.07) is 6.47. The zero-order chi connectivity index (χ0) is 15.6. The number of benzene rings is 1. The van der Waals surface area contributed by atoms with Gasteiger partial charge in [-0.25, -0.2) is 4.90 Å². The molecule has 2 amide bonds. The predicted octanol–water partition coefficient (Wildman–Crippen LogP) is 1.92. The number of Topliss-reactive ketones (excluding diaryl/α,β-unsaturated/α-hetero) is 1. The number of ketones is 1. The summed E-state index contributed by atoms with van der Waals surface area (Å²) in [6.07, 6.45) is -0.407. The van der Waals surface area contributed by atoms with Crippen LogP contribution in [0.25, 0.3) is 0 Å². The number of amides is 2. The quantitative estimate of drug-likeness (QED) is 0.640. The third-order valence-electron chi connectivity index (χ3n) is 3.47. The monoisotopic (exact) mass is 287 g/mol. The minimum atomic E-state index is -1.21. The molecule has 0 saturated carbocycles. The Morgan fingerprint density at radius 1 is 1.24 bits per heavy atom. The standard InChI is InChI=1S/C16H17NO4/c1-10(2)13(18)8-5-9-14(19)17-15(20)11-6-3-4-7-12(11)16(17)21/h3-4,6-7,14,19H,1,5,8-9H2,2H3. The molecule has 1 aliphatic rings. The fourth-order valence-corrected chi connectivity index (χ4v) is 2.27. The first-order chi connectivity index (χ1) is 9.93. The highest BCUT2D eigenvalue weighted by Crippen LogP contribution is 2.25. The lowest BCUT2D eigenvalue weighted by atomic mass is 10.1. The summed E-state index contributed by atoms with van der Waals surface area (Å²) in [5.74, 6) is -1.06. The van der Waals surface area contributed by atoms with Gasteiger partial charge in [0.1, 0.15) is 6.23 Å². The van der Waals surface area contributed by atoms with Gasteiger partial charge in [0.25, 0.3) is 11.8 Å². The Morgan fingerprint density at radius 3 is 2.24 bits per heavy atom. The zero-order valence-electron chi connectivity index (χ0n) is 11.8. The summed E-state index contributed by atoms with van der Waals surface area (Å²) in [7, 11) is 0. The van der Waals surface area contributed by atoms with E-state index < -0.39 is 18.0 Å². The van der Waals surface area contributed by atoms with Crippen molar-refractivity contribution in [3.8, 4) is 0 Å². The SMILES string of the molecule is C=C(C)C(=O)CCCC(O)N1C(=O)c2ccccc2C1=O. The van der Waals surface area contributed by atoms with Gasteiger partial charge in [-0.2, -0.15) is 0 Å². The predicted molar refractivity (Wildman–Crippen MR) is 76.6 cm³/mol. The van der Waals surface area contributed by atoms with Crippen molar-refractivity contribution < 1.29 is 19.5 Å². The lowest BCUT2D eigenvalue weighted by molar-refractivity contribution is -0.115. The number of nitrogens with zero attached hydrogens (tertiary/aromatic N) is 1. The van der Waals surface area contributed by atoms with Crippen LogP contribution in [0.5, 0.6) is 0 Å². The van der Waals surface area contributed by atoms with Crippen molar-refractivity contribution in [2.24, 2.45) is 0 Å². The van der Waals surface area contributed by atoms with Crippen molar-refractivity contribution in [1.82, 2.24) is 4.90 Å². The van der Waals surface area contributed by atoms with Crippen molar-refractivity contribution in [3.63, 3.8) is 0 Å². The van der Waals surface area contributed by atoms with Gasteiger partial charge in [0.05, 0.1) is 11.1 Å². The number of carbonyl (C=O) groups is 3. The molecule has 1 aliphatic heterocycles. The number of hydrogen-bond acceptors (Lipinski definition) is 4. The number of carbonyl (C=O) groups excluding carboxylic acids is 3. The third kappa shape index (κ3) is 2.92. The first-order valence-corrected chi connectivity index (χ1v) is 6.77. The summed E-state index contributed by atoms with van der Waals surface area (Å²) in [5.41, 5.74) is 1.07. The molecular weight excluding hydrogens is 270 g/mol. The van der Waals surface area contributed by atoms with Crippen LogP contribution in [0.15, 0.2) is 36.4 Å². The number of aliphatic hydroxyl groups excluding tert-OH is 1. The van der Waals surface area contributed by atoms with Crippen molar-refractivity contribution in [3.05, 3.63) is 47.5 Å². The van der Waals surface area contributed by atoms with E-state index in [1.54, 1.807) is 31.2 Å². The van der Waals surface area contributed by atoms with Crippen molar-refractivity contribution in [2.45, 2.75) is 32.4 Å². The highest BCUT2D eigenvalue weighted by Gasteiger charge is 2.38. The Balaban J connectivity index is 2.00. The zero-order valence-corrected chi connectivity index (χ0v) is 11.8. The second kappa shape index (κ2) is 6.01. The second-order valence-electron chi connectivity index (χ2n) is 5.10. The van der Waals surface area contributed by atoms with E-state index in [9.17, 15) is 19.5 Å². The average molecular weight is 287 g/mol. The molecule has 1 aromatic rings. The third-order valence-corrected chi connectivity index (χ3v) is 3.47. The van der Waals surface area contributed by atoms with E-state index in [4.69, 9.17) is 0 Å². The van der Waals surface area contributed by atoms with Crippen LogP contribution in [0, 0.1) is 0 Å². The van der Waals surface area contributed by atoms with Crippen LogP contribution in [0.2, 0.25) is 0 Å². The van der Waals surface area contributed by atoms with E-state index in [0.717, 1.165) is 4.90 Å². The molecule has 0 saturated heterocycles. The van der Waals surface area contributed by atoms with Gasteiger partial charge in [-0.3, -0.25) is 14.4 Å². The van der Waals surface area contributed by atoms with Gasteiger partial charge < -0.3 is 5.11 Å². The molecule has 0 radical (unpaired) electrons. The molecule has 1 atom stereocenters. The molecule has 1 unspecified atom stereocenters. The molecule has 1 N–H and O–H groups in total. The maximum absolute atomic E-state index is 12.1. The highest BCUT2D eigenvalue weighted by molar-refractivity contribution is 6.21. The molecule has 110 valence electrons. The van der Waals surface area contributed by atoms with E-state index in [-0.39, 0.29) is 18.6 Å². The first-order valence-electron chi connectivity index (χ1n) is 6.77. The lowest BCUT2D eigenvalue weighted by Gasteiger charge is -2.20. The van der Waals surface area contributed by atoms with Crippen LogP contribution < -0.4 is 0 Å². The molecular formula is C16H17NO4. The van der Waals surface area contributed by atoms with E-state index in [0.29, 0.717) is 23.1 Å². The largest absolute Gasteiger partial charge is 0.373 e. The van der Waals surface area contributed by atoms with Gasteiger partial charge in [-0.05, 0) is 37.5 Å². The Bertz CT molecular complexity index is 585. The average Bonchev–Trinajstić information content (AvgIpc) is 2.71. The molecule has 21 heavy (non-hydrogen) atoms. The topological polar surface area (TPSA) is 74.7 Å². The number of fused-ring (bicyclic) bond motifs is 1. The summed E-state index contributed by atoms with van der Waals surface area (Å²) in [5, 5.41) is 10.1. The van der Waals surface area contributed by atoms with Gasteiger partial charge in [0.15, 0.2) is 5.78 Å². The summed E-state index contributed by atoms with van der Waals surface area (Å²) >= 11 is 0. The van der Waals surface area contributed by atoms with Gasteiger partial charge in [-0.1, -0.05) is 18.7 Å². The first kappa shape index (κ1) is 15.1. The molecule has 0 spiro atoms. The molecule has 5 heteroatoms.